The van der Waals surface area contributed by atoms with Crippen molar-refractivity contribution in [2.24, 2.45) is 7.05 Å². The number of pyridine rings is 1. The van der Waals surface area contributed by atoms with Crippen LogP contribution in [0, 0.1) is 6.92 Å². The molecule has 1 N–H and O–H groups in total. The van der Waals surface area contributed by atoms with Crippen LogP contribution in [0.5, 0.6) is 0 Å². The van der Waals surface area contributed by atoms with Gasteiger partial charge in [-0.2, -0.15) is 5.10 Å². The van der Waals surface area contributed by atoms with Gasteiger partial charge in [0.1, 0.15) is 5.82 Å². The number of nitrogens with zero attached hydrogens (tertiary/aromatic N) is 5. The molecule has 1 aromatic carbocycles. The summed E-state index contributed by atoms with van der Waals surface area (Å²) < 4.78 is 1.84. The monoisotopic (exact) mass is 356 g/mol. The highest BCUT2D eigenvalue weighted by molar-refractivity contribution is 5.63. The van der Waals surface area contributed by atoms with Crippen LogP contribution in [0.4, 0.5) is 5.82 Å². The highest BCUT2D eigenvalue weighted by atomic mass is 15.3. The molecule has 0 bridgehead atoms. The number of aryl methyl sites for hydroxylation is 2. The average molecular weight is 356 g/mol. The van der Waals surface area contributed by atoms with Crippen molar-refractivity contribution in [3.63, 3.8) is 0 Å². The second kappa shape index (κ2) is 7.37. The van der Waals surface area contributed by atoms with E-state index in [1.165, 1.54) is 0 Å². The van der Waals surface area contributed by atoms with Crippen LogP contribution in [0.2, 0.25) is 0 Å². The van der Waals surface area contributed by atoms with Gasteiger partial charge in [-0.25, -0.2) is 9.97 Å². The van der Waals surface area contributed by atoms with Gasteiger partial charge in [-0.3, -0.25) is 9.67 Å². The third kappa shape index (κ3) is 3.84. The lowest BCUT2D eigenvalue weighted by Gasteiger charge is -2.09. The normalized spacial score (nSPS) is 10.7. The summed E-state index contributed by atoms with van der Waals surface area (Å²) in [6, 6.07) is 16.0. The molecule has 0 aliphatic heterocycles. The molecule has 0 aliphatic rings. The van der Waals surface area contributed by atoms with E-state index in [1.807, 2.05) is 61.2 Å². The van der Waals surface area contributed by atoms with Crippen LogP contribution in [0.15, 0.2) is 67.1 Å². The summed E-state index contributed by atoms with van der Waals surface area (Å²) in [5.74, 6) is 1.45. The van der Waals surface area contributed by atoms with Gasteiger partial charge in [-0.05, 0) is 19.1 Å². The first-order chi connectivity index (χ1) is 13.2. The van der Waals surface area contributed by atoms with Crippen molar-refractivity contribution in [3.05, 3.63) is 78.4 Å². The maximum atomic E-state index is 4.64. The Bertz CT molecular complexity index is 1040. The Labute approximate surface area is 158 Å². The summed E-state index contributed by atoms with van der Waals surface area (Å²) in [4.78, 5) is 13.3. The molecule has 4 aromatic rings. The average Bonchev–Trinajstić information content (AvgIpc) is 3.08. The number of hydrogen-bond acceptors (Lipinski definition) is 5. The zero-order valence-corrected chi connectivity index (χ0v) is 15.3. The van der Waals surface area contributed by atoms with Crippen molar-refractivity contribution in [3.8, 4) is 22.6 Å². The molecule has 0 unspecified atom stereocenters. The van der Waals surface area contributed by atoms with E-state index in [0.29, 0.717) is 12.4 Å². The molecule has 4 rings (SSSR count). The molecule has 0 saturated heterocycles. The summed E-state index contributed by atoms with van der Waals surface area (Å²) >= 11 is 0. The van der Waals surface area contributed by atoms with E-state index < -0.39 is 0 Å². The SMILES string of the molecule is Cc1cc(NCc2cn(C)nc2-c2ccccc2)nc(-c2cccnc2)n1. The minimum Gasteiger partial charge on any atom is -0.366 e. The van der Waals surface area contributed by atoms with E-state index in [4.69, 9.17) is 0 Å². The second-order valence-corrected chi connectivity index (χ2v) is 6.36. The largest absolute Gasteiger partial charge is 0.366 e. The number of nitrogens with one attached hydrogen (secondary N) is 1. The van der Waals surface area contributed by atoms with Gasteiger partial charge in [0.15, 0.2) is 5.82 Å². The molecule has 0 atom stereocenters. The molecule has 0 saturated carbocycles. The topological polar surface area (TPSA) is 68.5 Å². The van der Waals surface area contributed by atoms with Crippen LogP contribution in [0.25, 0.3) is 22.6 Å². The fraction of sp³-hybridized carbons (Fsp3) is 0.143. The molecule has 0 radical (unpaired) electrons. The molecule has 0 aliphatic carbocycles. The van der Waals surface area contributed by atoms with Crippen LogP contribution >= 0.6 is 0 Å². The second-order valence-electron chi connectivity index (χ2n) is 6.36. The van der Waals surface area contributed by atoms with Gasteiger partial charge < -0.3 is 5.32 Å². The van der Waals surface area contributed by atoms with Crippen molar-refractivity contribution in [1.29, 1.82) is 0 Å². The molecule has 134 valence electrons. The van der Waals surface area contributed by atoms with Gasteiger partial charge in [-0.15, -0.1) is 0 Å². The first kappa shape index (κ1) is 16.9. The van der Waals surface area contributed by atoms with E-state index >= 15 is 0 Å². The summed E-state index contributed by atoms with van der Waals surface area (Å²) in [6.07, 6.45) is 5.55. The molecule has 27 heavy (non-hydrogen) atoms. The minimum absolute atomic E-state index is 0.626. The number of anilines is 1. The Kier molecular flexibility index (Phi) is 4.61. The van der Waals surface area contributed by atoms with Crippen molar-refractivity contribution in [2.45, 2.75) is 13.5 Å². The lowest BCUT2D eigenvalue weighted by molar-refractivity contribution is 0.770. The summed E-state index contributed by atoms with van der Waals surface area (Å²) in [6.45, 7) is 2.59. The van der Waals surface area contributed by atoms with E-state index in [0.717, 1.165) is 33.9 Å². The highest BCUT2D eigenvalue weighted by Crippen LogP contribution is 2.23. The lowest BCUT2D eigenvalue weighted by Crippen LogP contribution is -2.04. The third-order valence-corrected chi connectivity index (χ3v) is 4.19. The Morgan fingerprint density at radius 2 is 1.81 bits per heavy atom. The Hall–Kier alpha value is -3.54. The van der Waals surface area contributed by atoms with Crippen LogP contribution in [-0.2, 0) is 13.6 Å². The zero-order valence-electron chi connectivity index (χ0n) is 15.3. The summed E-state index contributed by atoms with van der Waals surface area (Å²) in [5.41, 5.74) is 4.99. The van der Waals surface area contributed by atoms with Crippen molar-refractivity contribution in [1.82, 2.24) is 24.7 Å². The number of rotatable bonds is 5. The van der Waals surface area contributed by atoms with Gasteiger partial charge in [0.25, 0.3) is 0 Å². The van der Waals surface area contributed by atoms with Crippen LogP contribution in [0.1, 0.15) is 11.3 Å². The van der Waals surface area contributed by atoms with Gasteiger partial charge in [0.2, 0.25) is 0 Å². The van der Waals surface area contributed by atoms with E-state index in [9.17, 15) is 0 Å². The minimum atomic E-state index is 0.626. The molecule has 3 aromatic heterocycles. The quantitative estimate of drug-likeness (QED) is 0.588. The Morgan fingerprint density at radius 1 is 1.00 bits per heavy atom. The predicted octanol–water partition coefficient (Wildman–Crippen LogP) is 3.86. The first-order valence-electron chi connectivity index (χ1n) is 8.77. The van der Waals surface area contributed by atoms with Crippen LogP contribution in [-0.4, -0.2) is 24.7 Å². The van der Waals surface area contributed by atoms with E-state index in [-0.39, 0.29) is 0 Å². The maximum Gasteiger partial charge on any atom is 0.163 e. The molecule has 6 nitrogen and oxygen atoms in total. The van der Waals surface area contributed by atoms with Gasteiger partial charge >= 0.3 is 0 Å². The fourth-order valence-electron chi connectivity index (χ4n) is 2.98. The molecule has 6 heteroatoms. The fourth-order valence-corrected chi connectivity index (χ4v) is 2.98. The standard InChI is InChI=1S/C21H20N6/c1-15-11-19(25-21(24-15)17-9-6-10-22-12-17)23-13-18-14-27(2)26-20(18)16-7-4-3-5-8-16/h3-12,14H,13H2,1-2H3,(H,23,24,25). The third-order valence-electron chi connectivity index (χ3n) is 4.19. The van der Waals surface area contributed by atoms with Crippen molar-refractivity contribution >= 4 is 5.82 Å². The molecule has 0 spiro atoms. The molecular formula is C21H20N6. The van der Waals surface area contributed by atoms with E-state index in [2.05, 4.69) is 37.5 Å². The Balaban J connectivity index is 1.59. The predicted molar refractivity (Wildman–Crippen MR) is 106 cm³/mol. The van der Waals surface area contributed by atoms with Gasteiger partial charge in [-0.1, -0.05) is 30.3 Å². The maximum absolute atomic E-state index is 4.64. The number of hydrogen-bond donors (Lipinski definition) is 1. The van der Waals surface area contributed by atoms with Crippen molar-refractivity contribution in [2.75, 3.05) is 5.32 Å². The van der Waals surface area contributed by atoms with Crippen molar-refractivity contribution < 1.29 is 0 Å². The number of benzene rings is 1. The molecule has 0 fully saturated rings. The first-order valence-corrected chi connectivity index (χ1v) is 8.77. The van der Waals surface area contributed by atoms with Gasteiger partial charge in [0, 0.05) is 60.6 Å². The summed E-state index contributed by atoms with van der Waals surface area (Å²) in [7, 11) is 1.94. The molecule has 0 amide bonds. The van der Waals surface area contributed by atoms with E-state index in [1.54, 1.807) is 12.4 Å². The highest BCUT2D eigenvalue weighted by Gasteiger charge is 2.11. The summed E-state index contributed by atoms with van der Waals surface area (Å²) in [5, 5.41) is 8.02. The smallest absolute Gasteiger partial charge is 0.163 e. The molecule has 3 heterocycles. The lowest BCUT2D eigenvalue weighted by atomic mass is 10.1. The molecular weight excluding hydrogens is 336 g/mol. The van der Waals surface area contributed by atoms with Crippen LogP contribution in [0.3, 0.4) is 0 Å². The van der Waals surface area contributed by atoms with Gasteiger partial charge in [0.05, 0.1) is 5.69 Å². The number of aromatic nitrogens is 5. The zero-order chi connectivity index (χ0) is 18.6. The van der Waals surface area contributed by atoms with Crippen LogP contribution < -0.4 is 5.32 Å². The Morgan fingerprint density at radius 3 is 2.59 bits per heavy atom.